The summed E-state index contributed by atoms with van der Waals surface area (Å²) in [6.07, 6.45) is 6.96. The van der Waals surface area contributed by atoms with Crippen LogP contribution in [0.2, 0.25) is 0 Å². The van der Waals surface area contributed by atoms with Crippen molar-refractivity contribution in [3.63, 3.8) is 0 Å². The number of aromatic nitrogens is 2. The standard InChI is InChI=1S/C15H21N3S/c1-3-17-14(10-15-11-19-12(2)18-15)5-4-13-6-8-16-9-7-13/h6-9,11,14,17H,3-5,10H2,1-2H3. The number of hydrogen-bond acceptors (Lipinski definition) is 4. The summed E-state index contributed by atoms with van der Waals surface area (Å²) in [5.74, 6) is 0. The molecule has 2 heterocycles. The van der Waals surface area contributed by atoms with E-state index < -0.39 is 0 Å². The van der Waals surface area contributed by atoms with Crippen LogP contribution in [-0.2, 0) is 12.8 Å². The minimum Gasteiger partial charge on any atom is -0.314 e. The molecular formula is C15H21N3S. The summed E-state index contributed by atoms with van der Waals surface area (Å²) in [7, 11) is 0. The first-order valence-electron chi connectivity index (χ1n) is 6.81. The van der Waals surface area contributed by atoms with Crippen LogP contribution in [0.3, 0.4) is 0 Å². The van der Waals surface area contributed by atoms with Crippen LogP contribution in [0.15, 0.2) is 29.9 Å². The number of thiazole rings is 1. The van der Waals surface area contributed by atoms with E-state index in [-0.39, 0.29) is 0 Å². The molecule has 0 aliphatic heterocycles. The SMILES string of the molecule is CCNC(CCc1ccncc1)Cc1csc(C)n1. The molecule has 1 N–H and O–H groups in total. The van der Waals surface area contributed by atoms with E-state index in [0.29, 0.717) is 6.04 Å². The second-order valence-corrected chi connectivity index (χ2v) is 5.77. The maximum absolute atomic E-state index is 4.56. The zero-order chi connectivity index (χ0) is 13.5. The molecule has 102 valence electrons. The van der Waals surface area contributed by atoms with Gasteiger partial charge in [-0.1, -0.05) is 6.92 Å². The van der Waals surface area contributed by atoms with Gasteiger partial charge in [-0.2, -0.15) is 0 Å². The highest BCUT2D eigenvalue weighted by molar-refractivity contribution is 7.09. The van der Waals surface area contributed by atoms with Gasteiger partial charge in [0.05, 0.1) is 10.7 Å². The Balaban J connectivity index is 1.89. The van der Waals surface area contributed by atoms with Crippen molar-refractivity contribution < 1.29 is 0 Å². The summed E-state index contributed by atoms with van der Waals surface area (Å²) in [5, 5.41) is 6.88. The number of hydrogen-bond donors (Lipinski definition) is 1. The lowest BCUT2D eigenvalue weighted by Crippen LogP contribution is -2.31. The summed E-state index contributed by atoms with van der Waals surface area (Å²) in [5.41, 5.74) is 2.57. The van der Waals surface area contributed by atoms with Crippen LogP contribution in [0.5, 0.6) is 0 Å². The second-order valence-electron chi connectivity index (χ2n) is 4.71. The van der Waals surface area contributed by atoms with Crippen LogP contribution < -0.4 is 5.32 Å². The van der Waals surface area contributed by atoms with Gasteiger partial charge in [0.25, 0.3) is 0 Å². The van der Waals surface area contributed by atoms with E-state index in [2.05, 4.69) is 46.6 Å². The van der Waals surface area contributed by atoms with Gasteiger partial charge in [-0.25, -0.2) is 4.98 Å². The van der Waals surface area contributed by atoms with Gasteiger partial charge in [0.2, 0.25) is 0 Å². The molecule has 2 rings (SSSR count). The molecule has 0 aromatic carbocycles. The van der Waals surface area contributed by atoms with E-state index in [1.807, 2.05) is 12.4 Å². The molecule has 2 aromatic heterocycles. The van der Waals surface area contributed by atoms with Crippen LogP contribution in [0.25, 0.3) is 0 Å². The van der Waals surface area contributed by atoms with Crippen LogP contribution in [-0.4, -0.2) is 22.6 Å². The van der Waals surface area contributed by atoms with Crippen molar-refractivity contribution in [1.82, 2.24) is 15.3 Å². The Morgan fingerprint density at radius 1 is 1.32 bits per heavy atom. The van der Waals surface area contributed by atoms with Gasteiger partial charge < -0.3 is 5.32 Å². The molecule has 0 bridgehead atoms. The Bertz CT molecular complexity index is 481. The van der Waals surface area contributed by atoms with Gasteiger partial charge in [0.15, 0.2) is 0 Å². The van der Waals surface area contributed by atoms with Crippen molar-refractivity contribution in [2.45, 2.75) is 39.2 Å². The molecule has 0 amide bonds. The molecular weight excluding hydrogens is 254 g/mol. The largest absolute Gasteiger partial charge is 0.314 e. The van der Waals surface area contributed by atoms with Gasteiger partial charge in [0, 0.05) is 30.2 Å². The van der Waals surface area contributed by atoms with Gasteiger partial charge in [-0.3, -0.25) is 4.98 Å². The predicted octanol–water partition coefficient (Wildman–Crippen LogP) is 3.00. The zero-order valence-electron chi connectivity index (χ0n) is 11.6. The number of likely N-dealkylation sites (N-methyl/N-ethyl adjacent to an activating group) is 1. The molecule has 0 aliphatic rings. The minimum absolute atomic E-state index is 0.500. The molecule has 2 aromatic rings. The maximum Gasteiger partial charge on any atom is 0.0897 e. The molecule has 0 spiro atoms. The summed E-state index contributed by atoms with van der Waals surface area (Å²) in [6, 6.07) is 4.69. The van der Waals surface area contributed by atoms with Crippen molar-refractivity contribution in [2.24, 2.45) is 0 Å². The van der Waals surface area contributed by atoms with Gasteiger partial charge in [-0.15, -0.1) is 11.3 Å². The average molecular weight is 275 g/mol. The van der Waals surface area contributed by atoms with E-state index in [1.165, 1.54) is 11.3 Å². The molecule has 1 unspecified atom stereocenters. The first-order chi connectivity index (χ1) is 9.28. The molecule has 0 aliphatic carbocycles. The van der Waals surface area contributed by atoms with Crippen LogP contribution in [0.1, 0.15) is 29.6 Å². The fourth-order valence-electron chi connectivity index (χ4n) is 2.21. The van der Waals surface area contributed by atoms with Crippen molar-refractivity contribution in [3.05, 3.63) is 46.2 Å². The van der Waals surface area contributed by atoms with Crippen molar-refractivity contribution in [1.29, 1.82) is 0 Å². The van der Waals surface area contributed by atoms with E-state index in [4.69, 9.17) is 0 Å². The normalized spacial score (nSPS) is 12.5. The fraction of sp³-hybridized carbons (Fsp3) is 0.467. The van der Waals surface area contributed by atoms with Gasteiger partial charge in [-0.05, 0) is 44.0 Å². The quantitative estimate of drug-likeness (QED) is 0.844. The number of aryl methyl sites for hydroxylation is 2. The number of pyridine rings is 1. The Morgan fingerprint density at radius 3 is 2.74 bits per heavy atom. The third kappa shape index (κ3) is 4.73. The Kier molecular flexibility index (Phi) is 5.48. The number of nitrogens with one attached hydrogen (secondary N) is 1. The predicted molar refractivity (Wildman–Crippen MR) is 80.6 cm³/mol. The lowest BCUT2D eigenvalue weighted by Gasteiger charge is -2.16. The Hall–Kier alpha value is -1.26. The highest BCUT2D eigenvalue weighted by atomic mass is 32.1. The smallest absolute Gasteiger partial charge is 0.0897 e. The van der Waals surface area contributed by atoms with Crippen molar-refractivity contribution in [2.75, 3.05) is 6.54 Å². The molecule has 0 saturated carbocycles. The molecule has 4 heteroatoms. The maximum atomic E-state index is 4.56. The first kappa shape index (κ1) is 14.2. The third-order valence-corrected chi connectivity index (χ3v) is 3.97. The lowest BCUT2D eigenvalue weighted by atomic mass is 10.0. The van der Waals surface area contributed by atoms with Crippen LogP contribution in [0.4, 0.5) is 0 Å². The van der Waals surface area contributed by atoms with E-state index in [1.54, 1.807) is 11.3 Å². The Morgan fingerprint density at radius 2 is 2.11 bits per heavy atom. The molecule has 0 saturated heterocycles. The fourth-order valence-corrected chi connectivity index (χ4v) is 2.84. The van der Waals surface area contributed by atoms with Crippen LogP contribution >= 0.6 is 11.3 Å². The lowest BCUT2D eigenvalue weighted by molar-refractivity contribution is 0.487. The van der Waals surface area contributed by atoms with E-state index in [0.717, 1.165) is 30.8 Å². The summed E-state index contributed by atoms with van der Waals surface area (Å²) < 4.78 is 0. The zero-order valence-corrected chi connectivity index (χ0v) is 12.4. The van der Waals surface area contributed by atoms with Crippen molar-refractivity contribution in [3.8, 4) is 0 Å². The number of rotatable bonds is 7. The highest BCUT2D eigenvalue weighted by Gasteiger charge is 2.10. The molecule has 0 fully saturated rings. The van der Waals surface area contributed by atoms with Gasteiger partial charge >= 0.3 is 0 Å². The number of nitrogens with zero attached hydrogens (tertiary/aromatic N) is 2. The highest BCUT2D eigenvalue weighted by Crippen LogP contribution is 2.13. The molecule has 1 atom stereocenters. The summed E-state index contributed by atoms with van der Waals surface area (Å²) in [4.78, 5) is 8.61. The van der Waals surface area contributed by atoms with Crippen molar-refractivity contribution >= 4 is 11.3 Å². The molecule has 3 nitrogen and oxygen atoms in total. The van der Waals surface area contributed by atoms with Crippen LogP contribution in [0, 0.1) is 6.92 Å². The van der Waals surface area contributed by atoms with E-state index in [9.17, 15) is 0 Å². The topological polar surface area (TPSA) is 37.8 Å². The first-order valence-corrected chi connectivity index (χ1v) is 7.69. The van der Waals surface area contributed by atoms with Gasteiger partial charge in [0.1, 0.15) is 0 Å². The Labute approximate surface area is 119 Å². The second kappa shape index (κ2) is 7.36. The summed E-state index contributed by atoms with van der Waals surface area (Å²) in [6.45, 7) is 5.23. The third-order valence-electron chi connectivity index (χ3n) is 3.15. The minimum atomic E-state index is 0.500. The summed E-state index contributed by atoms with van der Waals surface area (Å²) >= 11 is 1.73. The van der Waals surface area contributed by atoms with E-state index >= 15 is 0 Å². The molecule has 0 radical (unpaired) electrons. The monoisotopic (exact) mass is 275 g/mol. The average Bonchev–Trinajstić information content (AvgIpc) is 2.83. The molecule has 19 heavy (non-hydrogen) atoms.